The summed E-state index contributed by atoms with van der Waals surface area (Å²) in [4.78, 5) is 16.4. The molecule has 15 heavy (non-hydrogen) atoms. The van der Waals surface area contributed by atoms with E-state index in [2.05, 4.69) is 5.16 Å². The maximum atomic E-state index is 10.6. The molecule has 1 atom stereocenters. The summed E-state index contributed by atoms with van der Waals surface area (Å²) >= 11 is 1.12. The quantitative estimate of drug-likeness (QED) is 0.797. The van der Waals surface area contributed by atoms with E-state index in [4.69, 9.17) is 9.94 Å². The molecule has 6 heteroatoms. The average molecular weight is 227 g/mol. The van der Waals surface area contributed by atoms with Crippen molar-refractivity contribution in [1.82, 2.24) is 0 Å². The molecule has 0 bridgehead atoms. The topological polar surface area (TPSA) is 79.1 Å². The van der Waals surface area contributed by atoms with E-state index in [1.165, 1.54) is 13.0 Å². The van der Waals surface area contributed by atoms with Crippen LogP contribution in [0, 0.1) is 0 Å². The van der Waals surface area contributed by atoms with Crippen molar-refractivity contribution in [2.24, 2.45) is 5.16 Å². The van der Waals surface area contributed by atoms with Gasteiger partial charge in [0.05, 0.1) is 11.3 Å². The predicted molar refractivity (Wildman–Crippen MR) is 54.1 cm³/mol. The fourth-order valence-electron chi connectivity index (χ4n) is 1.27. The number of hydrogen-bond acceptors (Lipinski definition) is 5. The minimum atomic E-state index is -1.28. The van der Waals surface area contributed by atoms with Gasteiger partial charge in [-0.2, -0.15) is 0 Å². The van der Waals surface area contributed by atoms with E-state index in [-0.39, 0.29) is 11.3 Å². The maximum absolute atomic E-state index is 10.6. The van der Waals surface area contributed by atoms with E-state index >= 15 is 0 Å². The Labute approximate surface area is 89.6 Å². The van der Waals surface area contributed by atoms with Crippen molar-refractivity contribution in [2.75, 3.05) is 0 Å². The summed E-state index contributed by atoms with van der Waals surface area (Å²) in [6.45, 7) is 1.51. The highest BCUT2D eigenvalue weighted by Gasteiger charge is 2.32. The fourth-order valence-corrected chi connectivity index (χ4v) is 2.09. The van der Waals surface area contributed by atoms with E-state index in [9.17, 15) is 9.90 Å². The Morgan fingerprint density at radius 3 is 2.87 bits per heavy atom. The molecule has 2 N–H and O–H groups in total. The fraction of sp³-hybridized carbons (Fsp3) is 0.333. The van der Waals surface area contributed by atoms with Gasteiger partial charge in [0.25, 0.3) is 0 Å². The summed E-state index contributed by atoms with van der Waals surface area (Å²) in [6.07, 6.45) is 0.270. The minimum absolute atomic E-state index is 0.249. The Morgan fingerprint density at radius 1 is 1.67 bits per heavy atom. The first-order valence-electron chi connectivity index (χ1n) is 4.29. The summed E-state index contributed by atoms with van der Waals surface area (Å²) in [7, 11) is 0. The summed E-state index contributed by atoms with van der Waals surface area (Å²) in [5, 5.41) is 21.9. The van der Waals surface area contributed by atoms with Gasteiger partial charge in [-0.3, -0.25) is 0 Å². The van der Waals surface area contributed by atoms with Gasteiger partial charge in [0.15, 0.2) is 0 Å². The predicted octanol–water partition coefficient (Wildman–Crippen LogP) is 1.28. The average Bonchev–Trinajstić information content (AvgIpc) is 2.70. The molecule has 1 aliphatic rings. The smallest absolute Gasteiger partial charge is 0.345 e. The monoisotopic (exact) mass is 227 g/mol. The third-order valence-electron chi connectivity index (χ3n) is 1.95. The van der Waals surface area contributed by atoms with Crippen LogP contribution in [0.15, 0.2) is 17.3 Å². The molecule has 80 valence electrons. The zero-order chi connectivity index (χ0) is 11.1. The summed E-state index contributed by atoms with van der Waals surface area (Å²) in [6, 6.07) is 3.18. The lowest BCUT2D eigenvalue weighted by Gasteiger charge is -2.11. The Hall–Kier alpha value is -1.40. The number of oxime groups is 1. The molecule has 0 spiro atoms. The highest BCUT2D eigenvalue weighted by atomic mass is 32.1. The first-order chi connectivity index (χ1) is 6.98. The van der Waals surface area contributed by atoms with Gasteiger partial charge < -0.3 is 15.1 Å². The second-order valence-electron chi connectivity index (χ2n) is 3.45. The van der Waals surface area contributed by atoms with Gasteiger partial charge in [-0.1, -0.05) is 5.16 Å². The number of thiophene rings is 1. The zero-order valence-corrected chi connectivity index (χ0v) is 8.74. The van der Waals surface area contributed by atoms with E-state index in [1.54, 1.807) is 6.07 Å². The molecule has 2 rings (SSSR count). The van der Waals surface area contributed by atoms with Crippen LogP contribution in [-0.4, -0.2) is 27.7 Å². The first kappa shape index (κ1) is 10.1. The van der Waals surface area contributed by atoms with Crippen molar-refractivity contribution < 1.29 is 19.8 Å². The molecule has 0 aliphatic carbocycles. The summed E-state index contributed by atoms with van der Waals surface area (Å²) in [5.74, 6) is -2.24. The molecule has 0 saturated heterocycles. The van der Waals surface area contributed by atoms with Gasteiger partial charge in [0.2, 0.25) is 5.79 Å². The van der Waals surface area contributed by atoms with Crippen LogP contribution in [0.4, 0.5) is 0 Å². The van der Waals surface area contributed by atoms with Gasteiger partial charge >= 0.3 is 5.97 Å². The number of aliphatic hydroxyl groups is 1. The standard InChI is InChI=1S/C9H9NO4S/c1-9(13)4-5(10-14-9)6-2-3-7(15-6)8(11)12/h2-3,13H,4H2,1H3,(H,11,12). The molecule has 0 radical (unpaired) electrons. The Bertz CT molecular complexity index is 435. The van der Waals surface area contributed by atoms with Gasteiger partial charge in [-0.15, -0.1) is 11.3 Å². The molecule has 0 amide bonds. The zero-order valence-electron chi connectivity index (χ0n) is 7.93. The molecule has 5 nitrogen and oxygen atoms in total. The van der Waals surface area contributed by atoms with E-state index < -0.39 is 11.8 Å². The van der Waals surface area contributed by atoms with Crippen molar-refractivity contribution in [1.29, 1.82) is 0 Å². The van der Waals surface area contributed by atoms with Gasteiger partial charge in [0, 0.05) is 6.92 Å². The van der Waals surface area contributed by atoms with Crippen LogP contribution < -0.4 is 0 Å². The number of carbonyl (C=O) groups is 1. The van der Waals surface area contributed by atoms with E-state index in [1.807, 2.05) is 0 Å². The molecule has 1 aliphatic heterocycles. The van der Waals surface area contributed by atoms with Crippen LogP contribution in [0.5, 0.6) is 0 Å². The molecule has 1 aromatic heterocycles. The van der Waals surface area contributed by atoms with Crippen molar-refractivity contribution in [3.63, 3.8) is 0 Å². The lowest BCUT2D eigenvalue weighted by atomic mass is 10.1. The number of aromatic carboxylic acids is 1. The molecule has 2 heterocycles. The second kappa shape index (κ2) is 3.32. The van der Waals surface area contributed by atoms with Crippen LogP contribution >= 0.6 is 11.3 Å². The number of nitrogens with zero attached hydrogens (tertiary/aromatic N) is 1. The Morgan fingerprint density at radius 2 is 2.40 bits per heavy atom. The van der Waals surface area contributed by atoms with Crippen LogP contribution in [0.3, 0.4) is 0 Å². The Balaban J connectivity index is 2.21. The van der Waals surface area contributed by atoms with E-state index in [0.717, 1.165) is 11.3 Å². The van der Waals surface area contributed by atoms with Crippen molar-refractivity contribution in [2.45, 2.75) is 19.1 Å². The first-order valence-corrected chi connectivity index (χ1v) is 5.10. The highest BCUT2D eigenvalue weighted by molar-refractivity contribution is 7.16. The molecular formula is C9H9NO4S. The SMILES string of the molecule is CC1(O)CC(c2ccc(C(=O)O)s2)=NO1. The highest BCUT2D eigenvalue weighted by Crippen LogP contribution is 2.27. The number of carboxylic acid groups (broad SMARTS) is 1. The molecular weight excluding hydrogens is 218 g/mol. The Kier molecular flexibility index (Phi) is 2.24. The molecule has 1 unspecified atom stereocenters. The van der Waals surface area contributed by atoms with Gasteiger partial charge in [-0.25, -0.2) is 4.79 Å². The van der Waals surface area contributed by atoms with Crippen LogP contribution in [0.1, 0.15) is 27.9 Å². The largest absolute Gasteiger partial charge is 0.477 e. The van der Waals surface area contributed by atoms with Crippen LogP contribution in [0.2, 0.25) is 0 Å². The lowest BCUT2D eigenvalue weighted by Crippen LogP contribution is -2.23. The number of rotatable bonds is 2. The molecule has 0 fully saturated rings. The van der Waals surface area contributed by atoms with Gasteiger partial charge in [-0.05, 0) is 12.1 Å². The van der Waals surface area contributed by atoms with Gasteiger partial charge in [0.1, 0.15) is 10.6 Å². The molecule has 1 aromatic rings. The molecule has 0 aromatic carbocycles. The third-order valence-corrected chi connectivity index (χ3v) is 3.07. The van der Waals surface area contributed by atoms with Crippen molar-refractivity contribution in [3.8, 4) is 0 Å². The molecule has 0 saturated carbocycles. The summed E-state index contributed by atoms with van der Waals surface area (Å²) in [5.41, 5.74) is 0.581. The second-order valence-corrected chi connectivity index (χ2v) is 4.53. The lowest BCUT2D eigenvalue weighted by molar-refractivity contribution is -0.170. The number of carboxylic acids is 1. The van der Waals surface area contributed by atoms with Crippen molar-refractivity contribution in [3.05, 3.63) is 21.9 Å². The van der Waals surface area contributed by atoms with E-state index in [0.29, 0.717) is 10.6 Å². The maximum Gasteiger partial charge on any atom is 0.345 e. The normalized spacial score (nSPS) is 24.8. The van der Waals surface area contributed by atoms with Crippen LogP contribution in [0.25, 0.3) is 0 Å². The minimum Gasteiger partial charge on any atom is -0.477 e. The third kappa shape index (κ3) is 2.00. The van der Waals surface area contributed by atoms with Crippen molar-refractivity contribution >= 4 is 23.0 Å². The van der Waals surface area contributed by atoms with Crippen LogP contribution in [-0.2, 0) is 4.84 Å². The number of hydrogen-bond donors (Lipinski definition) is 2. The summed E-state index contributed by atoms with van der Waals surface area (Å²) < 4.78 is 0.